The van der Waals surface area contributed by atoms with Gasteiger partial charge in [-0.3, -0.25) is 0 Å². The molecule has 0 saturated carbocycles. The van der Waals surface area contributed by atoms with Crippen molar-refractivity contribution in [2.45, 2.75) is 11.3 Å². The van der Waals surface area contributed by atoms with Crippen molar-refractivity contribution in [3.05, 3.63) is 22.7 Å². The van der Waals surface area contributed by atoms with Gasteiger partial charge in [-0.15, -0.1) is 0 Å². The van der Waals surface area contributed by atoms with Gasteiger partial charge in [0, 0.05) is 18.1 Å². The highest BCUT2D eigenvalue weighted by molar-refractivity contribution is 9.10. The monoisotopic (exact) mass is 349 g/mol. The lowest BCUT2D eigenvalue weighted by Crippen LogP contribution is -2.30. The molecule has 0 aliphatic heterocycles. The Kier molecular flexibility index (Phi) is 5.79. The fourth-order valence-corrected chi connectivity index (χ4v) is 3.33. The molecule has 1 aromatic rings. The summed E-state index contributed by atoms with van der Waals surface area (Å²) in [5.41, 5.74) is 6.04. The summed E-state index contributed by atoms with van der Waals surface area (Å²) in [6.07, 6.45) is 0.777. The Hall–Kier alpha value is -0.630. The predicted octanol–water partition coefficient (Wildman–Crippen LogP) is 1.60. The van der Waals surface area contributed by atoms with Gasteiger partial charge in [0.15, 0.2) is 0 Å². The third kappa shape index (κ3) is 4.45. The second-order valence-electron chi connectivity index (χ2n) is 4.67. The highest BCUT2D eigenvalue weighted by Gasteiger charge is 2.22. The highest BCUT2D eigenvalue weighted by Crippen LogP contribution is 2.25. The first-order valence-corrected chi connectivity index (χ1v) is 8.14. The van der Waals surface area contributed by atoms with E-state index in [2.05, 4.69) is 15.9 Å². The van der Waals surface area contributed by atoms with Gasteiger partial charge in [0.25, 0.3) is 0 Å². The smallest absolute Gasteiger partial charge is 0.244 e. The van der Waals surface area contributed by atoms with Crippen LogP contribution in [0.1, 0.15) is 6.42 Å². The van der Waals surface area contributed by atoms with Crippen molar-refractivity contribution in [1.29, 1.82) is 0 Å². The molecular formula is C12H20BrN3O2S. The molecule has 0 radical (unpaired) electrons. The van der Waals surface area contributed by atoms with Crippen LogP contribution in [-0.4, -0.2) is 51.9 Å². The maximum atomic E-state index is 12.4. The maximum Gasteiger partial charge on any atom is 0.244 e. The first kappa shape index (κ1) is 16.4. The van der Waals surface area contributed by atoms with E-state index in [0.717, 1.165) is 17.4 Å². The summed E-state index contributed by atoms with van der Waals surface area (Å²) in [6.45, 7) is 1.31. The van der Waals surface area contributed by atoms with Crippen molar-refractivity contribution in [3.63, 3.8) is 0 Å². The fourth-order valence-electron chi connectivity index (χ4n) is 1.65. The van der Waals surface area contributed by atoms with E-state index in [1.165, 1.54) is 10.4 Å². The average molecular weight is 350 g/mol. The van der Waals surface area contributed by atoms with Crippen molar-refractivity contribution in [3.8, 4) is 0 Å². The second kappa shape index (κ2) is 6.69. The van der Waals surface area contributed by atoms with Crippen LogP contribution in [0.4, 0.5) is 5.69 Å². The zero-order valence-electron chi connectivity index (χ0n) is 11.4. The zero-order valence-corrected chi connectivity index (χ0v) is 13.8. The van der Waals surface area contributed by atoms with E-state index in [0.29, 0.717) is 6.54 Å². The molecule has 0 atom stereocenters. The molecule has 0 unspecified atom stereocenters. The van der Waals surface area contributed by atoms with Crippen molar-refractivity contribution in [2.24, 2.45) is 0 Å². The molecule has 0 aliphatic carbocycles. The van der Waals surface area contributed by atoms with E-state index < -0.39 is 10.0 Å². The van der Waals surface area contributed by atoms with Crippen molar-refractivity contribution in [2.75, 3.05) is 40.0 Å². The highest BCUT2D eigenvalue weighted by atomic mass is 79.9. The number of rotatable bonds is 6. The van der Waals surface area contributed by atoms with Crippen LogP contribution in [0.25, 0.3) is 0 Å². The van der Waals surface area contributed by atoms with E-state index in [1.54, 1.807) is 19.2 Å². The summed E-state index contributed by atoms with van der Waals surface area (Å²) in [6, 6.07) is 4.80. The Morgan fingerprint density at radius 2 is 1.84 bits per heavy atom. The molecule has 0 spiro atoms. The van der Waals surface area contributed by atoms with Crippen LogP contribution >= 0.6 is 15.9 Å². The fraction of sp³-hybridized carbons (Fsp3) is 0.500. The van der Waals surface area contributed by atoms with Crippen LogP contribution in [0.5, 0.6) is 0 Å². The van der Waals surface area contributed by atoms with Gasteiger partial charge in [0.1, 0.15) is 4.90 Å². The normalized spacial score (nSPS) is 12.3. The molecule has 1 aromatic carbocycles. The number of nitrogen functional groups attached to an aromatic ring is 1. The summed E-state index contributed by atoms with van der Waals surface area (Å²) in [7, 11) is 1.98. The molecule has 1 rings (SSSR count). The molecule has 0 heterocycles. The van der Waals surface area contributed by atoms with Gasteiger partial charge in [-0.1, -0.05) is 15.9 Å². The quantitative estimate of drug-likeness (QED) is 0.792. The minimum absolute atomic E-state index is 0.156. The molecule has 5 nitrogen and oxygen atoms in total. The number of sulfonamides is 1. The number of nitrogens with zero attached hydrogens (tertiary/aromatic N) is 2. The van der Waals surface area contributed by atoms with E-state index in [4.69, 9.17) is 5.73 Å². The Morgan fingerprint density at radius 3 is 2.37 bits per heavy atom. The Labute approximate surface area is 123 Å². The molecule has 0 aliphatic rings. The molecule has 7 heteroatoms. The van der Waals surface area contributed by atoms with Crippen LogP contribution in [0.2, 0.25) is 0 Å². The van der Waals surface area contributed by atoms with Crippen molar-refractivity contribution < 1.29 is 8.42 Å². The number of anilines is 1. The van der Waals surface area contributed by atoms with Crippen LogP contribution in [0.3, 0.4) is 0 Å². The van der Waals surface area contributed by atoms with Crippen LogP contribution in [-0.2, 0) is 10.0 Å². The summed E-state index contributed by atoms with van der Waals surface area (Å²) in [5, 5.41) is 0. The Balaban J connectivity index is 2.85. The predicted molar refractivity (Wildman–Crippen MR) is 81.5 cm³/mol. The molecule has 108 valence electrons. The Morgan fingerprint density at radius 1 is 1.21 bits per heavy atom. The second-order valence-corrected chi connectivity index (χ2v) is 7.59. The van der Waals surface area contributed by atoms with E-state index in [1.807, 2.05) is 19.0 Å². The molecule has 2 N–H and O–H groups in total. The lowest BCUT2D eigenvalue weighted by molar-refractivity contribution is 0.370. The third-order valence-electron chi connectivity index (χ3n) is 2.74. The summed E-state index contributed by atoms with van der Waals surface area (Å²) >= 11 is 3.26. The average Bonchev–Trinajstić information content (AvgIpc) is 2.27. The molecule has 19 heavy (non-hydrogen) atoms. The van der Waals surface area contributed by atoms with Gasteiger partial charge < -0.3 is 10.6 Å². The van der Waals surface area contributed by atoms with E-state index in [9.17, 15) is 8.42 Å². The largest absolute Gasteiger partial charge is 0.398 e. The summed E-state index contributed by atoms with van der Waals surface area (Å²) < 4.78 is 26.8. The summed E-state index contributed by atoms with van der Waals surface area (Å²) in [4.78, 5) is 2.18. The van der Waals surface area contributed by atoms with E-state index in [-0.39, 0.29) is 10.6 Å². The third-order valence-corrected chi connectivity index (χ3v) is 5.16. The van der Waals surface area contributed by atoms with Crippen LogP contribution in [0, 0.1) is 0 Å². The van der Waals surface area contributed by atoms with Crippen molar-refractivity contribution in [1.82, 2.24) is 9.21 Å². The number of nitrogens with two attached hydrogens (primary N) is 1. The van der Waals surface area contributed by atoms with Gasteiger partial charge in [-0.25, -0.2) is 12.7 Å². The van der Waals surface area contributed by atoms with Crippen molar-refractivity contribution >= 4 is 31.6 Å². The number of benzene rings is 1. The standard InChI is InChI=1S/C12H20BrN3O2S/c1-15(2)7-4-8-16(3)19(17,18)12-6-5-10(13)9-11(12)14/h5-6,9H,4,7-8,14H2,1-3H3. The van der Waals surface area contributed by atoms with Crippen LogP contribution < -0.4 is 5.73 Å². The van der Waals surface area contributed by atoms with Gasteiger partial charge in [0.05, 0.1) is 5.69 Å². The molecule has 0 aromatic heterocycles. The molecule has 0 fully saturated rings. The van der Waals surface area contributed by atoms with Gasteiger partial charge >= 0.3 is 0 Å². The lowest BCUT2D eigenvalue weighted by Gasteiger charge is -2.19. The first-order chi connectivity index (χ1) is 8.75. The summed E-state index contributed by atoms with van der Waals surface area (Å²) in [5.74, 6) is 0. The van der Waals surface area contributed by atoms with Gasteiger partial charge in [0.2, 0.25) is 10.0 Å². The molecule has 0 saturated heterocycles. The van der Waals surface area contributed by atoms with Gasteiger partial charge in [-0.05, 0) is 45.3 Å². The first-order valence-electron chi connectivity index (χ1n) is 5.91. The molecule has 0 bridgehead atoms. The molecule has 0 amide bonds. The maximum absolute atomic E-state index is 12.4. The molecular weight excluding hydrogens is 330 g/mol. The topological polar surface area (TPSA) is 66.6 Å². The SMILES string of the molecule is CN(C)CCCN(C)S(=O)(=O)c1ccc(Br)cc1N. The van der Waals surface area contributed by atoms with E-state index >= 15 is 0 Å². The number of hydrogen-bond acceptors (Lipinski definition) is 4. The number of halogens is 1. The lowest BCUT2D eigenvalue weighted by atomic mass is 10.3. The zero-order chi connectivity index (χ0) is 14.6. The Bertz CT molecular complexity index is 532. The minimum Gasteiger partial charge on any atom is -0.398 e. The number of hydrogen-bond donors (Lipinski definition) is 1. The van der Waals surface area contributed by atoms with Gasteiger partial charge in [-0.2, -0.15) is 0 Å². The van der Waals surface area contributed by atoms with Crippen LogP contribution in [0.15, 0.2) is 27.6 Å². The minimum atomic E-state index is -3.52.